The van der Waals surface area contributed by atoms with Crippen molar-refractivity contribution in [1.29, 1.82) is 0 Å². The lowest BCUT2D eigenvalue weighted by atomic mass is 9.69. The van der Waals surface area contributed by atoms with Crippen LogP contribution in [0.3, 0.4) is 0 Å². The minimum absolute atomic E-state index is 0.347. The summed E-state index contributed by atoms with van der Waals surface area (Å²) in [6, 6.07) is 28.7. The first-order chi connectivity index (χ1) is 16.3. The van der Waals surface area contributed by atoms with Crippen LogP contribution in [0, 0.1) is 13.8 Å². The van der Waals surface area contributed by atoms with Gasteiger partial charge < -0.3 is 11.5 Å². The minimum atomic E-state index is -0.347. The molecule has 0 aromatic heterocycles. The molecule has 0 amide bonds. The zero-order chi connectivity index (χ0) is 24.5. The Hall–Kier alpha value is -3.52. The molecule has 2 heteroatoms. The van der Waals surface area contributed by atoms with Crippen LogP contribution in [0.25, 0.3) is 11.1 Å². The minimum Gasteiger partial charge on any atom is -0.398 e. The van der Waals surface area contributed by atoms with Crippen molar-refractivity contribution in [3.05, 3.63) is 118 Å². The van der Waals surface area contributed by atoms with E-state index < -0.39 is 0 Å². The number of aryl methyl sites for hydroxylation is 4. The summed E-state index contributed by atoms with van der Waals surface area (Å²) in [5.41, 5.74) is 25.2. The van der Waals surface area contributed by atoms with Crippen LogP contribution in [-0.4, -0.2) is 0 Å². The molecule has 0 atom stereocenters. The van der Waals surface area contributed by atoms with Gasteiger partial charge in [0.1, 0.15) is 0 Å². The fourth-order valence-electron chi connectivity index (χ4n) is 5.03. The number of nitrogen functional groups attached to an aromatic ring is 2. The highest BCUT2D eigenvalue weighted by molar-refractivity contribution is 5.67. The average Bonchev–Trinajstić information content (AvgIpc) is 2.87. The Labute approximate surface area is 204 Å². The quantitative estimate of drug-likeness (QED) is 0.235. The van der Waals surface area contributed by atoms with Gasteiger partial charge in [-0.15, -0.1) is 0 Å². The van der Waals surface area contributed by atoms with Gasteiger partial charge in [-0.25, -0.2) is 0 Å². The fourth-order valence-corrected chi connectivity index (χ4v) is 5.03. The third kappa shape index (κ3) is 4.09. The van der Waals surface area contributed by atoms with Gasteiger partial charge in [-0.3, -0.25) is 0 Å². The van der Waals surface area contributed by atoms with Gasteiger partial charge in [0.05, 0.1) is 0 Å². The molecule has 0 aliphatic heterocycles. The largest absolute Gasteiger partial charge is 0.398 e. The lowest BCUT2D eigenvalue weighted by molar-refractivity contribution is 0.688. The Kier molecular flexibility index (Phi) is 6.52. The molecule has 0 unspecified atom stereocenters. The second-order valence-electron chi connectivity index (χ2n) is 9.51. The molecule has 0 saturated carbocycles. The van der Waals surface area contributed by atoms with Crippen molar-refractivity contribution < 1.29 is 0 Å². The normalized spacial score (nSPS) is 11.6. The molecular formula is C32H36N2. The number of anilines is 2. The number of rotatable bonds is 6. The molecule has 4 aromatic carbocycles. The summed E-state index contributed by atoms with van der Waals surface area (Å²) in [6.45, 7) is 10.9. The fraction of sp³-hybridized carbons (Fsp3) is 0.250. The van der Waals surface area contributed by atoms with Crippen molar-refractivity contribution >= 4 is 11.4 Å². The second kappa shape index (κ2) is 9.38. The molecule has 0 aliphatic rings. The molecule has 0 radical (unpaired) electrons. The van der Waals surface area contributed by atoms with Crippen LogP contribution in [0.4, 0.5) is 11.4 Å². The zero-order valence-electron chi connectivity index (χ0n) is 21.1. The first kappa shape index (κ1) is 23.6. The molecule has 0 fully saturated rings. The topological polar surface area (TPSA) is 52.0 Å². The van der Waals surface area contributed by atoms with Crippen LogP contribution in [0.15, 0.2) is 78.9 Å². The van der Waals surface area contributed by atoms with E-state index in [-0.39, 0.29) is 5.41 Å². The molecule has 34 heavy (non-hydrogen) atoms. The third-order valence-corrected chi connectivity index (χ3v) is 7.43. The van der Waals surface area contributed by atoms with E-state index in [9.17, 15) is 0 Å². The monoisotopic (exact) mass is 448 g/mol. The Morgan fingerprint density at radius 3 is 1.47 bits per heavy atom. The van der Waals surface area contributed by atoms with Crippen molar-refractivity contribution in [2.45, 2.75) is 52.9 Å². The molecule has 0 aliphatic carbocycles. The lowest BCUT2D eigenvalue weighted by Gasteiger charge is -2.34. The van der Waals surface area contributed by atoms with E-state index in [1.54, 1.807) is 0 Å². The molecule has 0 bridgehead atoms. The van der Waals surface area contributed by atoms with Gasteiger partial charge in [0.2, 0.25) is 0 Å². The maximum absolute atomic E-state index is 6.44. The Morgan fingerprint density at radius 2 is 1.03 bits per heavy atom. The van der Waals surface area contributed by atoms with Crippen molar-refractivity contribution in [2.24, 2.45) is 0 Å². The summed E-state index contributed by atoms with van der Waals surface area (Å²) >= 11 is 0. The Bertz CT molecular complexity index is 1240. The number of benzene rings is 4. The third-order valence-electron chi connectivity index (χ3n) is 7.43. The van der Waals surface area contributed by atoms with Crippen molar-refractivity contribution in [3.63, 3.8) is 0 Å². The second-order valence-corrected chi connectivity index (χ2v) is 9.51. The number of nitrogens with two attached hydrogens (primary N) is 2. The predicted octanol–water partition coefficient (Wildman–Crippen LogP) is 7.61. The number of hydrogen-bond acceptors (Lipinski definition) is 2. The summed E-state index contributed by atoms with van der Waals surface area (Å²) < 4.78 is 0. The average molecular weight is 449 g/mol. The first-order valence-electron chi connectivity index (χ1n) is 12.2. The van der Waals surface area contributed by atoms with E-state index in [4.69, 9.17) is 11.5 Å². The van der Waals surface area contributed by atoms with Gasteiger partial charge in [-0.2, -0.15) is 0 Å². The SMILES string of the molecule is CCc1cc(C(C)(c2ccc(-c3ccccc3)cc2)c2cc(C)c(N)c(CC)c2)cc(C)c1N. The molecule has 4 aromatic rings. The number of hydrogen-bond donors (Lipinski definition) is 2. The van der Waals surface area contributed by atoms with E-state index in [1.807, 2.05) is 0 Å². The van der Waals surface area contributed by atoms with Crippen molar-refractivity contribution in [2.75, 3.05) is 11.5 Å². The van der Waals surface area contributed by atoms with Crippen molar-refractivity contribution in [3.8, 4) is 11.1 Å². The molecule has 174 valence electrons. The van der Waals surface area contributed by atoms with E-state index in [0.717, 1.165) is 35.3 Å². The highest BCUT2D eigenvalue weighted by Gasteiger charge is 2.33. The summed E-state index contributed by atoms with van der Waals surface area (Å²) in [4.78, 5) is 0. The Balaban J connectivity index is 1.96. The van der Waals surface area contributed by atoms with Crippen LogP contribution < -0.4 is 11.5 Å². The molecule has 0 spiro atoms. The van der Waals surface area contributed by atoms with Gasteiger partial charge in [-0.1, -0.05) is 92.7 Å². The zero-order valence-corrected chi connectivity index (χ0v) is 21.1. The van der Waals surface area contributed by atoms with Crippen LogP contribution in [0.1, 0.15) is 59.7 Å². The molecule has 2 nitrogen and oxygen atoms in total. The summed E-state index contributed by atoms with van der Waals surface area (Å²) in [5.74, 6) is 0. The maximum atomic E-state index is 6.44. The Morgan fingerprint density at radius 1 is 0.588 bits per heavy atom. The molecule has 0 heterocycles. The van der Waals surface area contributed by atoms with E-state index in [1.165, 1.54) is 38.9 Å². The molecule has 0 saturated heterocycles. The van der Waals surface area contributed by atoms with Crippen LogP contribution in [-0.2, 0) is 18.3 Å². The molecule has 4 N–H and O–H groups in total. The summed E-state index contributed by atoms with van der Waals surface area (Å²) in [6.07, 6.45) is 1.81. The van der Waals surface area contributed by atoms with E-state index in [2.05, 4.69) is 113 Å². The summed E-state index contributed by atoms with van der Waals surface area (Å²) in [7, 11) is 0. The highest BCUT2D eigenvalue weighted by atomic mass is 14.6. The van der Waals surface area contributed by atoms with Gasteiger partial charge in [0.25, 0.3) is 0 Å². The van der Waals surface area contributed by atoms with Gasteiger partial charge >= 0.3 is 0 Å². The van der Waals surface area contributed by atoms with Gasteiger partial charge in [0.15, 0.2) is 0 Å². The maximum Gasteiger partial charge on any atom is 0.0423 e. The smallest absolute Gasteiger partial charge is 0.0423 e. The standard InChI is InChI=1S/C32H36N2/c1-6-23-19-28(17-21(3)30(23)33)32(5,29-18-22(4)31(34)24(7-2)20-29)27-15-13-26(14-16-27)25-11-9-8-10-12-25/h8-20H,6-7,33-34H2,1-5H3. The summed E-state index contributed by atoms with van der Waals surface area (Å²) in [5, 5.41) is 0. The predicted molar refractivity (Wildman–Crippen MR) is 147 cm³/mol. The van der Waals surface area contributed by atoms with E-state index >= 15 is 0 Å². The van der Waals surface area contributed by atoms with Gasteiger partial charge in [0, 0.05) is 16.8 Å². The highest BCUT2D eigenvalue weighted by Crippen LogP contribution is 2.43. The van der Waals surface area contributed by atoms with Crippen molar-refractivity contribution in [1.82, 2.24) is 0 Å². The molecular weight excluding hydrogens is 412 g/mol. The first-order valence-corrected chi connectivity index (χ1v) is 12.2. The lowest BCUT2D eigenvalue weighted by Crippen LogP contribution is -2.26. The van der Waals surface area contributed by atoms with E-state index in [0.29, 0.717) is 0 Å². The van der Waals surface area contributed by atoms with Crippen LogP contribution >= 0.6 is 0 Å². The van der Waals surface area contributed by atoms with Crippen LogP contribution in [0.5, 0.6) is 0 Å². The van der Waals surface area contributed by atoms with Gasteiger partial charge in [-0.05, 0) is 83.7 Å². The van der Waals surface area contributed by atoms with Crippen LogP contribution in [0.2, 0.25) is 0 Å². The molecule has 4 rings (SSSR count).